The molecule has 4 heteroatoms. The number of halogens is 1. The van der Waals surface area contributed by atoms with E-state index in [0.717, 1.165) is 27.9 Å². The van der Waals surface area contributed by atoms with Crippen molar-refractivity contribution in [2.45, 2.75) is 18.8 Å². The number of carbonyl (C=O) groups is 1. The zero-order valence-electron chi connectivity index (χ0n) is 13.1. The smallest absolute Gasteiger partial charge is 0.146 e. The van der Waals surface area contributed by atoms with E-state index in [1.54, 1.807) is 0 Å². The van der Waals surface area contributed by atoms with Crippen LogP contribution in [0.15, 0.2) is 70.2 Å². The van der Waals surface area contributed by atoms with Crippen LogP contribution in [0.25, 0.3) is 5.70 Å². The number of nitrogens with zero attached hydrogens (tertiary/aromatic N) is 1. The van der Waals surface area contributed by atoms with Crippen LogP contribution < -0.4 is 5.43 Å². The minimum absolute atomic E-state index is 0.190. The summed E-state index contributed by atoms with van der Waals surface area (Å²) >= 11 is 3.44. The highest BCUT2D eigenvalue weighted by Gasteiger charge is 2.35. The van der Waals surface area contributed by atoms with E-state index in [0.29, 0.717) is 6.42 Å². The third-order valence-electron chi connectivity index (χ3n) is 4.69. The summed E-state index contributed by atoms with van der Waals surface area (Å²) in [5, 5.41) is 4.52. The van der Waals surface area contributed by atoms with Gasteiger partial charge in [-0.15, -0.1) is 0 Å². The van der Waals surface area contributed by atoms with Gasteiger partial charge in [0.2, 0.25) is 0 Å². The van der Waals surface area contributed by atoms with Gasteiger partial charge in [-0.2, -0.15) is 5.10 Å². The van der Waals surface area contributed by atoms with E-state index in [1.165, 1.54) is 5.56 Å². The highest BCUT2D eigenvalue weighted by molar-refractivity contribution is 9.10. The zero-order chi connectivity index (χ0) is 16.5. The Labute approximate surface area is 149 Å². The number of rotatable bonds is 2. The Bertz CT molecular complexity index is 824. The van der Waals surface area contributed by atoms with Gasteiger partial charge in [0.25, 0.3) is 0 Å². The second kappa shape index (κ2) is 6.36. The minimum Gasteiger partial charge on any atom is -0.299 e. The maximum atomic E-state index is 12.7. The molecule has 0 bridgehead atoms. The fraction of sp³-hybridized carbons (Fsp3) is 0.200. The molecule has 0 spiro atoms. The van der Waals surface area contributed by atoms with Gasteiger partial charge in [-0.05, 0) is 41.7 Å². The Kier molecular flexibility index (Phi) is 4.07. The first-order chi connectivity index (χ1) is 11.7. The van der Waals surface area contributed by atoms with Crippen LogP contribution in [0.3, 0.4) is 0 Å². The second-order valence-corrected chi connectivity index (χ2v) is 7.18. The first-order valence-electron chi connectivity index (χ1n) is 8.08. The molecule has 24 heavy (non-hydrogen) atoms. The van der Waals surface area contributed by atoms with E-state index in [1.807, 2.05) is 48.5 Å². The van der Waals surface area contributed by atoms with Crippen LogP contribution in [0.1, 0.15) is 29.9 Å². The first kappa shape index (κ1) is 15.3. The molecule has 0 saturated heterocycles. The molecule has 1 aliphatic heterocycles. The van der Waals surface area contributed by atoms with Crippen LogP contribution in [0.2, 0.25) is 0 Å². The van der Waals surface area contributed by atoms with Gasteiger partial charge in [0.15, 0.2) is 0 Å². The Balaban J connectivity index is 1.58. The van der Waals surface area contributed by atoms with Crippen molar-refractivity contribution in [3.05, 3.63) is 76.3 Å². The molecule has 0 radical (unpaired) electrons. The SMILES string of the molecule is O=C1C[C@@H](c2ccccc2)CC2=NNC(c3ccc(Br)cc3)=C[C@@H]12. The summed E-state index contributed by atoms with van der Waals surface area (Å²) in [4.78, 5) is 12.7. The van der Waals surface area contributed by atoms with Crippen molar-refractivity contribution < 1.29 is 4.79 Å². The molecule has 1 aliphatic carbocycles. The molecule has 0 unspecified atom stereocenters. The molecule has 4 rings (SSSR count). The number of hydrogen-bond acceptors (Lipinski definition) is 3. The number of benzene rings is 2. The van der Waals surface area contributed by atoms with Gasteiger partial charge < -0.3 is 0 Å². The fourth-order valence-corrected chi connectivity index (χ4v) is 3.66. The summed E-state index contributed by atoms with van der Waals surface area (Å²) in [6.45, 7) is 0. The summed E-state index contributed by atoms with van der Waals surface area (Å²) in [7, 11) is 0. The minimum atomic E-state index is -0.190. The van der Waals surface area contributed by atoms with Gasteiger partial charge in [0.1, 0.15) is 5.78 Å². The van der Waals surface area contributed by atoms with Crippen molar-refractivity contribution in [1.29, 1.82) is 0 Å². The highest BCUT2D eigenvalue weighted by Crippen LogP contribution is 2.35. The Morgan fingerprint density at radius 2 is 1.75 bits per heavy atom. The zero-order valence-corrected chi connectivity index (χ0v) is 14.7. The number of allylic oxidation sites excluding steroid dienone is 1. The molecular weight excluding hydrogens is 364 g/mol. The molecule has 0 aromatic heterocycles. The van der Waals surface area contributed by atoms with Gasteiger partial charge >= 0.3 is 0 Å². The summed E-state index contributed by atoms with van der Waals surface area (Å²) in [6.07, 6.45) is 3.43. The van der Waals surface area contributed by atoms with E-state index < -0.39 is 0 Å². The summed E-state index contributed by atoms with van der Waals surface area (Å²) in [6, 6.07) is 18.3. The molecule has 1 heterocycles. The topological polar surface area (TPSA) is 41.5 Å². The van der Waals surface area contributed by atoms with Gasteiger partial charge in [-0.25, -0.2) is 0 Å². The number of hydrogen-bond donors (Lipinski definition) is 1. The number of Topliss-reactive ketones (excluding diaryl/α,β-unsaturated/α-hetero) is 1. The Hall–Kier alpha value is -2.20. The van der Waals surface area contributed by atoms with Gasteiger partial charge in [0, 0.05) is 10.9 Å². The lowest BCUT2D eigenvalue weighted by molar-refractivity contribution is -0.120. The monoisotopic (exact) mass is 380 g/mol. The van der Waals surface area contributed by atoms with Crippen molar-refractivity contribution in [3.63, 3.8) is 0 Å². The lowest BCUT2D eigenvalue weighted by Crippen LogP contribution is -2.35. The van der Waals surface area contributed by atoms with Crippen LogP contribution in [0.5, 0.6) is 0 Å². The van der Waals surface area contributed by atoms with Crippen LogP contribution in [-0.2, 0) is 4.79 Å². The summed E-state index contributed by atoms with van der Waals surface area (Å²) in [5.74, 6) is 0.299. The molecule has 2 atom stereocenters. The number of nitrogens with one attached hydrogen (secondary N) is 1. The maximum absolute atomic E-state index is 12.7. The van der Waals surface area contributed by atoms with Crippen molar-refractivity contribution in [1.82, 2.24) is 5.43 Å². The predicted octanol–water partition coefficient (Wildman–Crippen LogP) is 4.51. The van der Waals surface area contributed by atoms with E-state index in [9.17, 15) is 4.79 Å². The molecular formula is C20H17BrN2O. The third kappa shape index (κ3) is 2.94. The maximum Gasteiger partial charge on any atom is 0.146 e. The van der Waals surface area contributed by atoms with E-state index in [-0.39, 0.29) is 17.6 Å². The molecule has 1 fully saturated rings. The molecule has 1 N–H and O–H groups in total. The van der Waals surface area contributed by atoms with Crippen molar-refractivity contribution in [2.24, 2.45) is 11.0 Å². The second-order valence-electron chi connectivity index (χ2n) is 6.26. The number of ketones is 1. The molecule has 2 aliphatic rings. The Morgan fingerprint density at radius 1 is 1.00 bits per heavy atom. The lowest BCUT2D eigenvalue weighted by Gasteiger charge is -2.30. The summed E-state index contributed by atoms with van der Waals surface area (Å²) in [5.41, 5.74) is 7.24. The van der Waals surface area contributed by atoms with Crippen LogP contribution in [0, 0.1) is 5.92 Å². The number of carbonyl (C=O) groups excluding carboxylic acids is 1. The van der Waals surface area contributed by atoms with Gasteiger partial charge in [-0.1, -0.05) is 58.4 Å². The quantitative estimate of drug-likeness (QED) is 0.832. The van der Waals surface area contributed by atoms with Crippen LogP contribution in [-0.4, -0.2) is 11.5 Å². The van der Waals surface area contributed by atoms with E-state index in [2.05, 4.69) is 38.6 Å². The molecule has 120 valence electrons. The average molecular weight is 381 g/mol. The van der Waals surface area contributed by atoms with Crippen molar-refractivity contribution in [2.75, 3.05) is 0 Å². The number of hydrazone groups is 1. The standard InChI is InChI=1S/C20H17BrN2O/c21-16-8-6-14(7-9-16)18-12-17-19(23-22-18)10-15(11-20(17)24)13-4-2-1-3-5-13/h1-9,12,15,17,22H,10-11H2/t15-,17+/m0/s1. The van der Waals surface area contributed by atoms with Crippen molar-refractivity contribution >= 4 is 33.1 Å². The average Bonchev–Trinajstić information content (AvgIpc) is 2.63. The fourth-order valence-electron chi connectivity index (χ4n) is 3.40. The third-order valence-corrected chi connectivity index (χ3v) is 5.22. The van der Waals surface area contributed by atoms with Crippen LogP contribution in [0.4, 0.5) is 0 Å². The molecule has 2 aromatic carbocycles. The van der Waals surface area contributed by atoms with E-state index >= 15 is 0 Å². The molecule has 1 saturated carbocycles. The van der Waals surface area contributed by atoms with Crippen LogP contribution >= 0.6 is 15.9 Å². The molecule has 3 nitrogen and oxygen atoms in total. The van der Waals surface area contributed by atoms with Gasteiger partial charge in [-0.3, -0.25) is 10.2 Å². The summed E-state index contributed by atoms with van der Waals surface area (Å²) < 4.78 is 1.03. The van der Waals surface area contributed by atoms with Crippen molar-refractivity contribution in [3.8, 4) is 0 Å². The lowest BCUT2D eigenvalue weighted by atomic mass is 9.75. The molecule has 2 aromatic rings. The van der Waals surface area contributed by atoms with E-state index in [4.69, 9.17) is 0 Å². The Morgan fingerprint density at radius 3 is 2.50 bits per heavy atom. The van der Waals surface area contributed by atoms with Gasteiger partial charge in [0.05, 0.1) is 17.3 Å². The number of fused-ring (bicyclic) bond motifs is 1. The predicted molar refractivity (Wildman–Crippen MR) is 99.6 cm³/mol. The normalized spacial score (nSPS) is 23.0. The highest BCUT2D eigenvalue weighted by atomic mass is 79.9. The molecule has 0 amide bonds. The largest absolute Gasteiger partial charge is 0.299 e. The first-order valence-corrected chi connectivity index (χ1v) is 8.88.